The molecule has 33 heavy (non-hydrogen) atoms. The number of ether oxygens (including phenoxy) is 1. The molecule has 0 aliphatic carbocycles. The Balaban J connectivity index is 1.34. The third kappa shape index (κ3) is 7.26. The van der Waals surface area contributed by atoms with E-state index in [9.17, 15) is 5.11 Å². The minimum Gasteiger partial charge on any atom is -0.507 e. The fraction of sp³-hybridized carbons (Fsp3) is 0.613. The summed E-state index contributed by atoms with van der Waals surface area (Å²) in [4.78, 5) is 0. The third-order valence-corrected chi connectivity index (χ3v) is 7.40. The van der Waals surface area contributed by atoms with Crippen molar-refractivity contribution < 1.29 is 9.84 Å². The highest BCUT2D eigenvalue weighted by Gasteiger charge is 2.29. The van der Waals surface area contributed by atoms with Crippen molar-refractivity contribution >= 4 is 16.8 Å². The molecule has 0 bridgehead atoms. The zero-order valence-electron chi connectivity index (χ0n) is 21.4. The summed E-state index contributed by atoms with van der Waals surface area (Å²) in [5.41, 5.74) is 1.65. The van der Waals surface area contributed by atoms with Gasteiger partial charge < -0.3 is 9.84 Å². The number of hydrogen-bond acceptors (Lipinski definition) is 2. The van der Waals surface area contributed by atoms with Crippen molar-refractivity contribution in [2.24, 2.45) is 0 Å². The summed E-state index contributed by atoms with van der Waals surface area (Å²) in [6.45, 7) is 6.46. The summed E-state index contributed by atoms with van der Waals surface area (Å²) in [6.07, 6.45) is 24.7. The first-order valence-electron chi connectivity index (χ1n) is 13.7. The van der Waals surface area contributed by atoms with Gasteiger partial charge >= 0.3 is 0 Å². The first kappa shape index (κ1) is 25.7. The van der Waals surface area contributed by atoms with Gasteiger partial charge in [0.1, 0.15) is 17.1 Å². The molecule has 0 saturated carbocycles. The fourth-order valence-electron chi connectivity index (χ4n) is 5.17. The Labute approximate surface area is 202 Å². The van der Waals surface area contributed by atoms with Crippen molar-refractivity contribution in [3.05, 3.63) is 41.5 Å². The van der Waals surface area contributed by atoms with Crippen LogP contribution in [0.2, 0.25) is 0 Å². The molecule has 3 rings (SSSR count). The lowest BCUT2D eigenvalue weighted by molar-refractivity contribution is 0.126. The van der Waals surface area contributed by atoms with E-state index in [1.165, 1.54) is 89.9 Å². The first-order valence-corrected chi connectivity index (χ1v) is 13.7. The van der Waals surface area contributed by atoms with Crippen molar-refractivity contribution in [1.29, 1.82) is 0 Å². The summed E-state index contributed by atoms with van der Waals surface area (Å²) >= 11 is 0. The molecule has 1 aliphatic rings. The van der Waals surface area contributed by atoms with E-state index in [-0.39, 0.29) is 5.60 Å². The highest BCUT2D eigenvalue weighted by molar-refractivity contribution is 5.98. The minimum atomic E-state index is -0.268. The SMILES string of the molecule is CCCCCCCCCCCCCCCCC1(C)C=Cc2c(C)c(O)c3ccccc3c2O1. The summed E-state index contributed by atoms with van der Waals surface area (Å²) in [7, 11) is 0. The molecular weight excluding hydrogens is 404 g/mol. The van der Waals surface area contributed by atoms with Crippen LogP contribution in [0.5, 0.6) is 11.5 Å². The summed E-state index contributed by atoms with van der Waals surface area (Å²) in [5, 5.41) is 12.5. The van der Waals surface area contributed by atoms with Crippen LogP contribution in [0.4, 0.5) is 0 Å². The Morgan fingerprint density at radius 3 is 1.85 bits per heavy atom. The number of rotatable bonds is 15. The Hall–Kier alpha value is -1.96. The number of phenolic OH excluding ortho intramolecular Hbond substituents is 1. The van der Waals surface area contributed by atoms with Gasteiger partial charge in [-0.15, -0.1) is 0 Å². The van der Waals surface area contributed by atoms with E-state index >= 15 is 0 Å². The number of hydrogen-bond donors (Lipinski definition) is 1. The molecule has 2 heteroatoms. The number of benzene rings is 2. The number of aromatic hydroxyl groups is 1. The van der Waals surface area contributed by atoms with Gasteiger partial charge in [0, 0.05) is 21.9 Å². The monoisotopic (exact) mass is 450 g/mol. The van der Waals surface area contributed by atoms with Gasteiger partial charge in [-0.2, -0.15) is 0 Å². The molecule has 0 spiro atoms. The molecule has 1 N–H and O–H groups in total. The fourth-order valence-corrected chi connectivity index (χ4v) is 5.17. The van der Waals surface area contributed by atoms with Crippen LogP contribution in [-0.2, 0) is 0 Å². The van der Waals surface area contributed by atoms with Crippen molar-refractivity contribution in [2.45, 2.75) is 123 Å². The average Bonchev–Trinajstić information content (AvgIpc) is 2.82. The number of fused-ring (bicyclic) bond motifs is 3. The standard InChI is InChI=1S/C31H46O2/c1-4-5-6-7-8-9-10-11-12-13-14-15-16-19-23-31(3)24-22-26-25(2)29(32)27-20-17-18-21-28(27)30(26)33-31/h17-18,20-22,24,32H,4-16,19,23H2,1-3H3. The van der Waals surface area contributed by atoms with Gasteiger partial charge in [0.05, 0.1) is 0 Å². The molecular formula is C31H46O2. The molecule has 1 heterocycles. The highest BCUT2D eigenvalue weighted by atomic mass is 16.5. The quantitative estimate of drug-likeness (QED) is 0.273. The second-order valence-corrected chi connectivity index (χ2v) is 10.4. The molecule has 1 atom stereocenters. The van der Waals surface area contributed by atoms with Crippen molar-refractivity contribution in [3.63, 3.8) is 0 Å². The molecule has 0 radical (unpaired) electrons. The molecule has 0 fully saturated rings. The van der Waals surface area contributed by atoms with Gasteiger partial charge in [-0.3, -0.25) is 0 Å². The van der Waals surface area contributed by atoms with E-state index in [2.05, 4.69) is 32.1 Å². The van der Waals surface area contributed by atoms with Crippen LogP contribution in [0.1, 0.15) is 121 Å². The van der Waals surface area contributed by atoms with E-state index in [1.54, 1.807) is 0 Å². The lowest BCUT2D eigenvalue weighted by Crippen LogP contribution is -2.32. The normalized spacial score (nSPS) is 17.3. The minimum absolute atomic E-state index is 0.268. The average molecular weight is 451 g/mol. The zero-order valence-corrected chi connectivity index (χ0v) is 21.4. The Bertz CT molecular complexity index is 897. The Kier molecular flexibility index (Phi) is 10.2. The van der Waals surface area contributed by atoms with Crippen LogP contribution in [0.15, 0.2) is 30.3 Å². The van der Waals surface area contributed by atoms with Gasteiger partial charge in [0.2, 0.25) is 0 Å². The molecule has 0 amide bonds. The lowest BCUT2D eigenvalue weighted by atomic mass is 9.90. The van der Waals surface area contributed by atoms with Crippen LogP contribution < -0.4 is 4.74 Å². The van der Waals surface area contributed by atoms with Gasteiger partial charge in [-0.25, -0.2) is 0 Å². The molecule has 0 saturated heterocycles. The third-order valence-electron chi connectivity index (χ3n) is 7.40. The van der Waals surface area contributed by atoms with Crippen LogP contribution in [0.3, 0.4) is 0 Å². The van der Waals surface area contributed by atoms with E-state index in [0.717, 1.165) is 34.1 Å². The van der Waals surface area contributed by atoms with Crippen LogP contribution >= 0.6 is 0 Å². The Morgan fingerprint density at radius 1 is 0.758 bits per heavy atom. The van der Waals surface area contributed by atoms with Gasteiger partial charge in [-0.05, 0) is 32.8 Å². The maximum absolute atomic E-state index is 10.6. The molecule has 1 unspecified atom stereocenters. The second kappa shape index (κ2) is 13.1. The van der Waals surface area contributed by atoms with E-state index in [1.807, 2.05) is 25.1 Å². The van der Waals surface area contributed by atoms with Crippen molar-refractivity contribution in [2.75, 3.05) is 0 Å². The predicted octanol–water partition coefficient (Wildman–Crippen LogP) is 9.89. The van der Waals surface area contributed by atoms with E-state index in [0.29, 0.717) is 5.75 Å². The van der Waals surface area contributed by atoms with Crippen LogP contribution in [0.25, 0.3) is 16.8 Å². The first-order chi connectivity index (χ1) is 16.1. The smallest absolute Gasteiger partial charge is 0.136 e. The van der Waals surface area contributed by atoms with Crippen molar-refractivity contribution in [3.8, 4) is 11.5 Å². The van der Waals surface area contributed by atoms with Gasteiger partial charge in [0.15, 0.2) is 0 Å². The second-order valence-electron chi connectivity index (χ2n) is 10.4. The maximum atomic E-state index is 10.6. The van der Waals surface area contributed by atoms with Crippen LogP contribution in [-0.4, -0.2) is 10.7 Å². The molecule has 2 aromatic rings. The zero-order chi connectivity index (χ0) is 23.5. The number of unbranched alkanes of at least 4 members (excludes halogenated alkanes) is 13. The molecule has 2 nitrogen and oxygen atoms in total. The summed E-state index contributed by atoms with van der Waals surface area (Å²) in [5.74, 6) is 1.30. The van der Waals surface area contributed by atoms with Gasteiger partial charge in [-0.1, -0.05) is 121 Å². The molecule has 0 aromatic heterocycles. The largest absolute Gasteiger partial charge is 0.507 e. The van der Waals surface area contributed by atoms with Crippen molar-refractivity contribution in [1.82, 2.24) is 0 Å². The van der Waals surface area contributed by atoms with Gasteiger partial charge in [0.25, 0.3) is 0 Å². The maximum Gasteiger partial charge on any atom is 0.136 e. The lowest BCUT2D eigenvalue weighted by Gasteiger charge is -2.33. The highest BCUT2D eigenvalue weighted by Crippen LogP contribution is 2.45. The number of phenols is 1. The Morgan fingerprint density at radius 2 is 1.27 bits per heavy atom. The topological polar surface area (TPSA) is 29.5 Å². The summed E-state index contributed by atoms with van der Waals surface area (Å²) < 4.78 is 6.58. The van der Waals surface area contributed by atoms with E-state index < -0.39 is 0 Å². The van der Waals surface area contributed by atoms with Crippen LogP contribution in [0, 0.1) is 6.92 Å². The molecule has 2 aromatic carbocycles. The predicted molar refractivity (Wildman–Crippen MR) is 143 cm³/mol. The van der Waals surface area contributed by atoms with E-state index in [4.69, 9.17) is 4.74 Å². The molecule has 1 aliphatic heterocycles. The summed E-state index contributed by atoms with van der Waals surface area (Å²) in [6, 6.07) is 8.02. The molecule has 182 valence electrons.